The van der Waals surface area contributed by atoms with Crippen molar-refractivity contribution in [2.45, 2.75) is 50.8 Å². The second kappa shape index (κ2) is 10.9. The van der Waals surface area contributed by atoms with Crippen LogP contribution in [0.25, 0.3) is 16.7 Å². The van der Waals surface area contributed by atoms with Crippen LogP contribution in [0.4, 0.5) is 0 Å². The van der Waals surface area contributed by atoms with Crippen molar-refractivity contribution in [3.63, 3.8) is 0 Å². The van der Waals surface area contributed by atoms with Crippen LogP contribution < -0.4 is 10.9 Å². The normalized spacial score (nSPS) is 20.0. The number of pyridine rings is 1. The summed E-state index contributed by atoms with van der Waals surface area (Å²) in [5, 5.41) is 14.8. The van der Waals surface area contributed by atoms with E-state index in [4.69, 9.17) is 0 Å². The minimum atomic E-state index is -1.18. The third-order valence-corrected chi connectivity index (χ3v) is 9.16. The van der Waals surface area contributed by atoms with E-state index in [2.05, 4.69) is 26.8 Å². The number of aryl methyl sites for hydroxylation is 1. The van der Waals surface area contributed by atoms with Gasteiger partial charge in [-0.3, -0.25) is 29.0 Å². The van der Waals surface area contributed by atoms with Gasteiger partial charge in [0.2, 0.25) is 5.91 Å². The lowest BCUT2D eigenvalue weighted by Gasteiger charge is -2.38. The van der Waals surface area contributed by atoms with E-state index in [1.807, 2.05) is 24.3 Å². The molecule has 2 saturated heterocycles. The van der Waals surface area contributed by atoms with Crippen LogP contribution >= 0.6 is 0 Å². The third-order valence-electron chi connectivity index (χ3n) is 9.16. The van der Waals surface area contributed by atoms with Crippen LogP contribution in [-0.4, -0.2) is 66.3 Å². The monoisotopic (exact) mass is 604 g/mol. The first-order valence-electron chi connectivity index (χ1n) is 15.0. The molecule has 2 aromatic heterocycles. The summed E-state index contributed by atoms with van der Waals surface area (Å²) in [4.78, 5) is 64.7. The largest absolute Gasteiger partial charge is 0.385 e. The van der Waals surface area contributed by atoms with Gasteiger partial charge in [0, 0.05) is 31.5 Å². The lowest BCUT2D eigenvalue weighted by Crippen LogP contribution is -2.51. The van der Waals surface area contributed by atoms with Crippen LogP contribution in [0.1, 0.15) is 63.4 Å². The summed E-state index contributed by atoms with van der Waals surface area (Å²) in [5.41, 5.74) is 1.83. The van der Waals surface area contributed by atoms with Gasteiger partial charge in [-0.25, -0.2) is 14.5 Å². The summed E-state index contributed by atoms with van der Waals surface area (Å²) in [6.07, 6.45) is 3.31. The molecule has 3 amide bonds. The van der Waals surface area contributed by atoms with Crippen molar-refractivity contribution in [2.24, 2.45) is 0 Å². The molecule has 45 heavy (non-hydrogen) atoms. The van der Waals surface area contributed by atoms with Gasteiger partial charge in [-0.05, 0) is 80.1 Å². The highest BCUT2D eigenvalue weighted by Gasteiger charge is 2.45. The number of allylic oxidation sites excluding steroid dienone is 1. The number of fused-ring (bicyclic) bond motifs is 2. The highest BCUT2D eigenvalue weighted by Crippen LogP contribution is 2.37. The Morgan fingerprint density at radius 1 is 1.00 bits per heavy atom. The van der Waals surface area contributed by atoms with Crippen LogP contribution in [-0.2, 0) is 16.9 Å². The van der Waals surface area contributed by atoms with Gasteiger partial charge in [0.1, 0.15) is 17.7 Å². The molecule has 1 atom stereocenters. The number of benzene rings is 2. The number of imide groups is 1. The molecule has 4 aromatic rings. The smallest absolute Gasteiger partial charge is 0.267 e. The molecule has 5 heterocycles. The van der Waals surface area contributed by atoms with Crippen LogP contribution in [0.3, 0.4) is 0 Å². The van der Waals surface area contributed by atoms with Gasteiger partial charge in [-0.2, -0.15) is 0 Å². The highest BCUT2D eigenvalue weighted by atomic mass is 16.3. The minimum Gasteiger partial charge on any atom is -0.385 e. The number of nitrogens with zero attached hydrogens (tertiary/aromatic N) is 5. The molecule has 2 aromatic carbocycles. The zero-order valence-electron chi connectivity index (χ0n) is 24.8. The van der Waals surface area contributed by atoms with E-state index in [9.17, 15) is 24.3 Å². The van der Waals surface area contributed by atoms with Gasteiger partial charge in [-0.15, -0.1) is 0 Å². The highest BCUT2D eigenvalue weighted by molar-refractivity contribution is 6.23. The topological polar surface area (TPSA) is 138 Å². The zero-order valence-corrected chi connectivity index (χ0v) is 24.8. The molecule has 3 aliphatic heterocycles. The van der Waals surface area contributed by atoms with Crippen LogP contribution in [0.5, 0.6) is 0 Å². The Morgan fingerprint density at radius 2 is 1.78 bits per heavy atom. The minimum absolute atomic E-state index is 0.177. The quantitative estimate of drug-likeness (QED) is 0.332. The number of aromatic nitrogens is 3. The van der Waals surface area contributed by atoms with Crippen LogP contribution in [0.2, 0.25) is 0 Å². The predicted octanol–water partition coefficient (Wildman–Crippen LogP) is 2.96. The average molecular weight is 605 g/mol. The lowest BCUT2D eigenvalue weighted by atomic mass is 9.83. The summed E-state index contributed by atoms with van der Waals surface area (Å²) >= 11 is 0. The molecule has 3 aliphatic rings. The number of amides is 3. The molecule has 0 saturated carbocycles. The van der Waals surface area contributed by atoms with Gasteiger partial charge < -0.3 is 10.4 Å². The number of carbonyl (C=O) groups excluding carboxylic acids is 3. The van der Waals surface area contributed by atoms with E-state index in [0.717, 1.165) is 10.5 Å². The molecule has 2 fully saturated rings. The number of rotatable bonds is 5. The number of carbonyl (C=O) groups is 3. The molecule has 228 valence electrons. The molecular formula is C34H32N6O5. The van der Waals surface area contributed by atoms with Gasteiger partial charge >= 0.3 is 0 Å². The zero-order chi connectivity index (χ0) is 31.5. The Kier molecular flexibility index (Phi) is 6.94. The van der Waals surface area contributed by atoms with Gasteiger partial charge in [0.15, 0.2) is 0 Å². The van der Waals surface area contributed by atoms with Crippen molar-refractivity contribution >= 4 is 28.6 Å². The first-order valence-corrected chi connectivity index (χ1v) is 15.0. The van der Waals surface area contributed by atoms with E-state index in [0.29, 0.717) is 79.1 Å². The Morgan fingerprint density at radius 3 is 2.51 bits per heavy atom. The second-order valence-corrected chi connectivity index (χ2v) is 12.0. The van der Waals surface area contributed by atoms with Crippen molar-refractivity contribution in [1.82, 2.24) is 29.7 Å². The molecule has 0 spiro atoms. The molecule has 0 aliphatic carbocycles. The van der Waals surface area contributed by atoms with E-state index >= 15 is 0 Å². The lowest BCUT2D eigenvalue weighted by molar-refractivity contribution is -0.125. The number of nitrogens with one attached hydrogen (secondary N) is 1. The number of likely N-dealkylation sites (tertiary alicyclic amines) is 1. The fraction of sp³-hybridized carbons (Fsp3) is 0.294. The summed E-state index contributed by atoms with van der Waals surface area (Å²) in [7, 11) is 0. The summed E-state index contributed by atoms with van der Waals surface area (Å²) in [6, 6.07) is 15.1. The first kappa shape index (κ1) is 28.8. The molecular weight excluding hydrogens is 572 g/mol. The van der Waals surface area contributed by atoms with Gasteiger partial charge in [0.05, 0.1) is 27.6 Å². The molecule has 0 radical (unpaired) electrons. The summed E-state index contributed by atoms with van der Waals surface area (Å²) in [6.45, 7) is 7.31. The van der Waals surface area contributed by atoms with E-state index < -0.39 is 29.4 Å². The predicted molar refractivity (Wildman–Crippen MR) is 166 cm³/mol. The van der Waals surface area contributed by atoms with E-state index in [1.54, 1.807) is 43.5 Å². The van der Waals surface area contributed by atoms with Crippen LogP contribution in [0.15, 0.2) is 77.9 Å². The number of aliphatic hydroxyl groups is 1. The van der Waals surface area contributed by atoms with Crippen LogP contribution in [0, 0.1) is 6.92 Å². The Balaban J connectivity index is 1.07. The maximum absolute atomic E-state index is 13.5. The van der Waals surface area contributed by atoms with Gasteiger partial charge in [0.25, 0.3) is 17.4 Å². The second-order valence-electron chi connectivity index (χ2n) is 12.0. The van der Waals surface area contributed by atoms with Crippen molar-refractivity contribution in [2.75, 3.05) is 13.1 Å². The number of hydrogen-bond donors (Lipinski definition) is 2. The fourth-order valence-electron chi connectivity index (χ4n) is 6.67. The Hall–Kier alpha value is -5.00. The molecule has 11 nitrogen and oxygen atoms in total. The van der Waals surface area contributed by atoms with Crippen molar-refractivity contribution < 1.29 is 19.5 Å². The maximum atomic E-state index is 13.5. The first-order chi connectivity index (χ1) is 21.6. The summed E-state index contributed by atoms with van der Waals surface area (Å²) in [5.74, 6) is -0.350. The van der Waals surface area contributed by atoms with E-state index in [1.165, 1.54) is 4.57 Å². The number of piperidine rings is 2. The molecule has 11 heteroatoms. The summed E-state index contributed by atoms with van der Waals surface area (Å²) < 4.78 is 1.52. The Bertz CT molecular complexity index is 1960. The maximum Gasteiger partial charge on any atom is 0.267 e. The van der Waals surface area contributed by atoms with E-state index in [-0.39, 0.29) is 16.7 Å². The van der Waals surface area contributed by atoms with Gasteiger partial charge in [-0.1, -0.05) is 24.8 Å². The SMILES string of the molecule is C=C1CCC(N2C(=O)c3ccc(C4(O)CCN(Cc5ccc6nc(C)n(-c7ccccn7)c(=O)c6c5)CC4)cc3C2=O)C(=O)N1. The Labute approximate surface area is 258 Å². The third kappa shape index (κ3) is 4.94. The average Bonchev–Trinajstić information content (AvgIpc) is 3.28. The standard InChI is InChI=1S/C34H32N6O5/c1-20-6-11-28(30(41)36-20)40-31(42)24-9-8-23(18-25(24)32(40)43)34(45)12-15-38(16-13-34)19-22-7-10-27-26(17-22)33(44)39(21(2)37-27)29-5-3-4-14-35-29/h3-5,7-10,14,17-18,28,45H,1,6,11-13,15-16,19H2,2H3,(H,36,41). The van der Waals surface area contributed by atoms with Crippen molar-refractivity contribution in [1.29, 1.82) is 0 Å². The molecule has 7 rings (SSSR count). The van der Waals surface area contributed by atoms with Crippen molar-refractivity contribution in [3.8, 4) is 5.82 Å². The van der Waals surface area contributed by atoms with Crippen molar-refractivity contribution in [3.05, 3.63) is 112 Å². The fourth-order valence-corrected chi connectivity index (χ4v) is 6.67. The molecule has 2 N–H and O–H groups in total. The molecule has 0 bridgehead atoms. The molecule has 1 unspecified atom stereocenters. The number of hydrogen-bond acceptors (Lipinski definition) is 8.